The van der Waals surface area contributed by atoms with Gasteiger partial charge in [-0.1, -0.05) is 110 Å². The van der Waals surface area contributed by atoms with Gasteiger partial charge >= 0.3 is 5.97 Å². The van der Waals surface area contributed by atoms with Crippen molar-refractivity contribution in [2.75, 3.05) is 6.61 Å². The summed E-state index contributed by atoms with van der Waals surface area (Å²) in [5.74, 6) is 3.86. The van der Waals surface area contributed by atoms with Crippen LogP contribution in [-0.4, -0.2) is 17.6 Å². The smallest absolute Gasteiger partial charge is 0.314 e. The minimum atomic E-state index is -0.0819. The molecular formula is C33H55NO3. The molecule has 37 heavy (non-hydrogen) atoms. The van der Waals surface area contributed by atoms with Gasteiger partial charge in [0.15, 0.2) is 0 Å². The van der Waals surface area contributed by atoms with Crippen molar-refractivity contribution < 1.29 is 14.3 Å². The van der Waals surface area contributed by atoms with Crippen molar-refractivity contribution in [2.24, 2.45) is 23.7 Å². The van der Waals surface area contributed by atoms with E-state index in [0.29, 0.717) is 18.2 Å². The fourth-order valence-corrected chi connectivity index (χ4v) is 6.42. The van der Waals surface area contributed by atoms with E-state index >= 15 is 0 Å². The Kier molecular flexibility index (Phi) is 14.5. The second-order valence-corrected chi connectivity index (χ2v) is 12.0. The molecule has 0 radical (unpaired) electrons. The van der Waals surface area contributed by atoms with Crippen molar-refractivity contribution in [2.45, 2.75) is 142 Å². The molecular weight excluding hydrogens is 458 g/mol. The van der Waals surface area contributed by atoms with Crippen LogP contribution in [0.5, 0.6) is 11.6 Å². The van der Waals surface area contributed by atoms with Gasteiger partial charge in [-0.15, -0.1) is 0 Å². The lowest BCUT2D eigenvalue weighted by Gasteiger charge is -2.31. The Morgan fingerprint density at radius 2 is 1.30 bits per heavy atom. The number of hydrogen-bond acceptors (Lipinski definition) is 4. The van der Waals surface area contributed by atoms with Crippen molar-refractivity contribution in [1.29, 1.82) is 0 Å². The van der Waals surface area contributed by atoms with E-state index in [4.69, 9.17) is 9.47 Å². The monoisotopic (exact) mass is 513 g/mol. The lowest BCUT2D eigenvalue weighted by Crippen LogP contribution is -2.26. The molecule has 1 heterocycles. The number of hydrogen-bond donors (Lipinski definition) is 0. The van der Waals surface area contributed by atoms with Gasteiger partial charge < -0.3 is 9.47 Å². The molecule has 0 spiro atoms. The summed E-state index contributed by atoms with van der Waals surface area (Å²) in [6.45, 7) is 5.19. The molecule has 4 nitrogen and oxygen atoms in total. The van der Waals surface area contributed by atoms with Crippen LogP contribution in [0.15, 0.2) is 18.3 Å². The molecule has 0 saturated heterocycles. The van der Waals surface area contributed by atoms with E-state index in [9.17, 15) is 4.79 Å². The first-order chi connectivity index (χ1) is 18.2. The van der Waals surface area contributed by atoms with Gasteiger partial charge in [-0.05, 0) is 55.9 Å². The highest BCUT2D eigenvalue weighted by Crippen LogP contribution is 2.38. The highest BCUT2D eigenvalue weighted by atomic mass is 16.5. The number of rotatable bonds is 17. The third kappa shape index (κ3) is 11.8. The van der Waals surface area contributed by atoms with Crippen LogP contribution in [0.4, 0.5) is 0 Å². The maximum atomic E-state index is 12.7. The maximum Gasteiger partial charge on any atom is 0.314 e. The lowest BCUT2D eigenvalue weighted by atomic mass is 9.75. The van der Waals surface area contributed by atoms with Gasteiger partial charge in [0.1, 0.15) is 5.75 Å². The van der Waals surface area contributed by atoms with Crippen LogP contribution in [0.2, 0.25) is 0 Å². The number of esters is 1. The van der Waals surface area contributed by atoms with Gasteiger partial charge in [-0.25, -0.2) is 4.98 Å². The van der Waals surface area contributed by atoms with E-state index in [1.807, 2.05) is 0 Å². The predicted octanol–water partition coefficient (Wildman–Crippen LogP) is 9.70. The largest absolute Gasteiger partial charge is 0.478 e. The van der Waals surface area contributed by atoms with E-state index in [1.165, 1.54) is 109 Å². The summed E-state index contributed by atoms with van der Waals surface area (Å²) in [5, 5.41) is 0. The summed E-state index contributed by atoms with van der Waals surface area (Å²) in [5.41, 5.74) is 0. The highest BCUT2D eigenvalue weighted by molar-refractivity contribution is 5.75. The Morgan fingerprint density at radius 1 is 0.730 bits per heavy atom. The van der Waals surface area contributed by atoms with Crippen LogP contribution in [0.1, 0.15) is 142 Å². The minimum absolute atomic E-state index is 0.0403. The molecule has 4 heteroatoms. The second-order valence-electron chi connectivity index (χ2n) is 12.0. The summed E-state index contributed by atoms with van der Waals surface area (Å²) in [6, 6.07) is 3.61. The van der Waals surface area contributed by atoms with E-state index in [0.717, 1.165) is 37.0 Å². The lowest BCUT2D eigenvalue weighted by molar-refractivity contribution is -0.140. The number of carbonyl (C=O) groups excluding carboxylic acids is 1. The Bertz CT molecular complexity index is 718. The first kappa shape index (κ1) is 30.0. The number of nitrogens with zero attached hydrogens (tertiary/aromatic N) is 1. The van der Waals surface area contributed by atoms with Gasteiger partial charge in [-0.2, -0.15) is 0 Å². The molecule has 2 aliphatic carbocycles. The molecule has 1 aromatic heterocycles. The van der Waals surface area contributed by atoms with E-state index in [1.54, 1.807) is 18.3 Å². The summed E-state index contributed by atoms with van der Waals surface area (Å²) < 4.78 is 11.3. The number of unbranched alkanes of at least 4 members (excludes halogenated alkanes) is 7. The average molecular weight is 514 g/mol. The van der Waals surface area contributed by atoms with Gasteiger partial charge in [-0.3, -0.25) is 4.79 Å². The fraction of sp³-hybridized carbons (Fsp3) is 0.818. The molecule has 1 aromatic rings. The Balaban J connectivity index is 1.24. The Hall–Kier alpha value is -1.58. The molecule has 0 bridgehead atoms. The quantitative estimate of drug-likeness (QED) is 0.154. The standard InChI is InChI=1S/C33H55NO3/c1-3-5-7-9-10-12-27-13-15-28(16-14-27)17-18-29-19-21-30(22-20-29)33(35)37-31-23-24-32(34-26-31)36-25-11-8-6-4-2/h23-24,26-30H,3-22,25H2,1-2H3. The topological polar surface area (TPSA) is 48.4 Å². The molecule has 0 atom stereocenters. The molecule has 0 unspecified atom stereocenters. The third-order valence-electron chi connectivity index (χ3n) is 9.02. The predicted molar refractivity (Wildman–Crippen MR) is 153 cm³/mol. The van der Waals surface area contributed by atoms with Crippen LogP contribution in [0, 0.1) is 23.7 Å². The summed E-state index contributed by atoms with van der Waals surface area (Å²) >= 11 is 0. The molecule has 2 saturated carbocycles. The Morgan fingerprint density at radius 3 is 1.89 bits per heavy atom. The SMILES string of the molecule is CCCCCCCC1CCC(CCC2CCC(C(=O)Oc3ccc(OCCCCCC)nc3)CC2)CC1. The first-order valence-corrected chi connectivity index (χ1v) is 16.0. The second kappa shape index (κ2) is 17.8. The molecule has 210 valence electrons. The molecule has 3 rings (SSSR count). The number of aromatic nitrogens is 1. The summed E-state index contributed by atoms with van der Waals surface area (Å²) in [7, 11) is 0. The molecule has 0 aliphatic heterocycles. The summed E-state index contributed by atoms with van der Waals surface area (Å²) in [4.78, 5) is 17.0. The normalized spacial score (nSPS) is 24.1. The van der Waals surface area contributed by atoms with Gasteiger partial charge in [0.2, 0.25) is 5.88 Å². The van der Waals surface area contributed by atoms with Crippen LogP contribution < -0.4 is 9.47 Å². The van der Waals surface area contributed by atoms with Crippen LogP contribution in [0.25, 0.3) is 0 Å². The van der Waals surface area contributed by atoms with Gasteiger partial charge in [0.25, 0.3) is 0 Å². The fourth-order valence-electron chi connectivity index (χ4n) is 6.42. The first-order valence-electron chi connectivity index (χ1n) is 16.0. The zero-order valence-corrected chi connectivity index (χ0v) is 24.1. The highest BCUT2D eigenvalue weighted by Gasteiger charge is 2.29. The molecule has 2 fully saturated rings. The van der Waals surface area contributed by atoms with Crippen molar-refractivity contribution in [3.05, 3.63) is 18.3 Å². The average Bonchev–Trinajstić information content (AvgIpc) is 2.93. The number of pyridine rings is 1. The van der Waals surface area contributed by atoms with Crippen molar-refractivity contribution in [3.8, 4) is 11.6 Å². The van der Waals surface area contributed by atoms with E-state index in [2.05, 4.69) is 18.8 Å². The molecule has 2 aliphatic rings. The van der Waals surface area contributed by atoms with Gasteiger partial charge in [0.05, 0.1) is 18.7 Å². The van der Waals surface area contributed by atoms with E-state index < -0.39 is 0 Å². The van der Waals surface area contributed by atoms with Crippen LogP contribution in [0.3, 0.4) is 0 Å². The van der Waals surface area contributed by atoms with E-state index in [-0.39, 0.29) is 11.9 Å². The van der Waals surface area contributed by atoms with Crippen LogP contribution >= 0.6 is 0 Å². The Labute approximate surface area is 227 Å². The maximum absolute atomic E-state index is 12.7. The molecule has 0 amide bonds. The zero-order valence-electron chi connectivity index (χ0n) is 24.1. The number of carbonyl (C=O) groups is 1. The van der Waals surface area contributed by atoms with Crippen molar-refractivity contribution in [3.63, 3.8) is 0 Å². The van der Waals surface area contributed by atoms with Gasteiger partial charge in [0, 0.05) is 6.07 Å². The zero-order chi connectivity index (χ0) is 26.1. The third-order valence-corrected chi connectivity index (χ3v) is 9.02. The summed E-state index contributed by atoms with van der Waals surface area (Å²) in [6.07, 6.45) is 27.8. The minimum Gasteiger partial charge on any atom is -0.478 e. The van der Waals surface area contributed by atoms with Crippen molar-refractivity contribution >= 4 is 5.97 Å². The molecule has 0 aromatic carbocycles. The number of ether oxygens (including phenoxy) is 2. The molecule has 0 N–H and O–H groups in total. The van der Waals surface area contributed by atoms with Crippen molar-refractivity contribution in [1.82, 2.24) is 4.98 Å². The van der Waals surface area contributed by atoms with Crippen LogP contribution in [-0.2, 0) is 4.79 Å².